The SMILES string of the molecule is COCN1CCC(C(C)(C)C)CC1. The summed E-state index contributed by atoms with van der Waals surface area (Å²) in [5, 5.41) is 0. The highest BCUT2D eigenvalue weighted by Crippen LogP contribution is 2.33. The first-order valence-electron chi connectivity index (χ1n) is 5.25. The van der Waals surface area contributed by atoms with Gasteiger partial charge in [-0.25, -0.2) is 0 Å². The Kier molecular flexibility index (Phi) is 3.74. The van der Waals surface area contributed by atoms with E-state index in [0.717, 1.165) is 12.6 Å². The van der Waals surface area contributed by atoms with Crippen molar-refractivity contribution in [2.45, 2.75) is 33.6 Å². The second-order valence-corrected chi connectivity index (χ2v) is 5.18. The van der Waals surface area contributed by atoms with Gasteiger partial charge in [-0.3, -0.25) is 4.90 Å². The number of hydrogen-bond acceptors (Lipinski definition) is 2. The van der Waals surface area contributed by atoms with Crippen LogP contribution in [0.3, 0.4) is 0 Å². The van der Waals surface area contributed by atoms with Crippen molar-refractivity contribution in [2.75, 3.05) is 26.9 Å². The van der Waals surface area contributed by atoms with Crippen LogP contribution in [0.1, 0.15) is 33.6 Å². The largest absolute Gasteiger partial charge is 0.369 e. The highest BCUT2D eigenvalue weighted by molar-refractivity contribution is 4.79. The Morgan fingerprint density at radius 1 is 1.23 bits per heavy atom. The quantitative estimate of drug-likeness (QED) is 0.655. The number of ether oxygens (including phenoxy) is 1. The molecule has 13 heavy (non-hydrogen) atoms. The molecule has 2 nitrogen and oxygen atoms in total. The van der Waals surface area contributed by atoms with Gasteiger partial charge in [0.2, 0.25) is 0 Å². The molecule has 1 rings (SSSR count). The highest BCUT2D eigenvalue weighted by atomic mass is 16.5. The molecule has 0 aromatic carbocycles. The molecule has 0 spiro atoms. The molecule has 1 heterocycles. The summed E-state index contributed by atoms with van der Waals surface area (Å²) >= 11 is 0. The van der Waals surface area contributed by atoms with Crippen LogP contribution in [0.5, 0.6) is 0 Å². The average Bonchev–Trinajstić information content (AvgIpc) is 2.04. The smallest absolute Gasteiger partial charge is 0.0986 e. The molecule has 0 bridgehead atoms. The predicted molar refractivity (Wildman–Crippen MR) is 55.6 cm³/mol. The van der Waals surface area contributed by atoms with Crippen LogP contribution in [-0.4, -0.2) is 31.8 Å². The van der Waals surface area contributed by atoms with Crippen LogP contribution in [-0.2, 0) is 4.74 Å². The standard InChI is InChI=1S/C11H23NO/c1-11(2,3)10-5-7-12(8-6-10)9-13-4/h10H,5-9H2,1-4H3. The van der Waals surface area contributed by atoms with Crippen molar-refractivity contribution in [2.24, 2.45) is 11.3 Å². The lowest BCUT2D eigenvalue weighted by Crippen LogP contribution is -2.38. The first-order valence-corrected chi connectivity index (χ1v) is 5.25. The normalized spacial score (nSPS) is 22.2. The maximum atomic E-state index is 5.13. The summed E-state index contributed by atoms with van der Waals surface area (Å²) in [5.74, 6) is 0.889. The number of hydrogen-bond donors (Lipinski definition) is 0. The van der Waals surface area contributed by atoms with Crippen molar-refractivity contribution in [3.8, 4) is 0 Å². The Hall–Kier alpha value is -0.0800. The summed E-state index contributed by atoms with van der Waals surface area (Å²) in [4.78, 5) is 2.39. The Morgan fingerprint density at radius 3 is 2.15 bits per heavy atom. The molecular formula is C11H23NO. The number of methoxy groups -OCH3 is 1. The third kappa shape index (κ3) is 3.28. The fourth-order valence-corrected chi connectivity index (χ4v) is 2.11. The third-order valence-electron chi connectivity index (χ3n) is 3.12. The molecule has 1 saturated heterocycles. The number of piperidine rings is 1. The van der Waals surface area contributed by atoms with Crippen molar-refractivity contribution in [1.29, 1.82) is 0 Å². The van der Waals surface area contributed by atoms with E-state index in [1.807, 2.05) is 0 Å². The van der Waals surface area contributed by atoms with Gasteiger partial charge in [-0.2, -0.15) is 0 Å². The zero-order valence-corrected chi connectivity index (χ0v) is 9.47. The maximum absolute atomic E-state index is 5.13. The van der Waals surface area contributed by atoms with Gasteiger partial charge in [0.15, 0.2) is 0 Å². The van der Waals surface area contributed by atoms with E-state index in [-0.39, 0.29) is 0 Å². The van der Waals surface area contributed by atoms with Crippen LogP contribution in [0, 0.1) is 11.3 Å². The summed E-state index contributed by atoms with van der Waals surface area (Å²) in [5.41, 5.74) is 0.485. The van der Waals surface area contributed by atoms with E-state index >= 15 is 0 Å². The van der Waals surface area contributed by atoms with E-state index in [1.54, 1.807) is 7.11 Å². The van der Waals surface area contributed by atoms with Crippen molar-refractivity contribution < 1.29 is 4.74 Å². The second kappa shape index (κ2) is 4.43. The summed E-state index contributed by atoms with van der Waals surface area (Å²) in [7, 11) is 1.77. The summed E-state index contributed by atoms with van der Waals surface area (Å²) < 4.78 is 5.13. The van der Waals surface area contributed by atoms with E-state index in [2.05, 4.69) is 25.7 Å². The number of nitrogens with zero attached hydrogens (tertiary/aromatic N) is 1. The van der Waals surface area contributed by atoms with Crippen molar-refractivity contribution >= 4 is 0 Å². The predicted octanol–water partition coefficient (Wildman–Crippen LogP) is 2.35. The second-order valence-electron chi connectivity index (χ2n) is 5.18. The Bertz CT molecular complexity index is 143. The van der Waals surface area contributed by atoms with Gasteiger partial charge in [0.05, 0.1) is 6.73 Å². The van der Waals surface area contributed by atoms with Crippen LogP contribution in [0.25, 0.3) is 0 Å². The minimum atomic E-state index is 0.485. The molecule has 0 amide bonds. The van der Waals surface area contributed by atoms with Crippen LogP contribution < -0.4 is 0 Å². The fourth-order valence-electron chi connectivity index (χ4n) is 2.11. The minimum absolute atomic E-state index is 0.485. The van der Waals surface area contributed by atoms with Crippen molar-refractivity contribution in [1.82, 2.24) is 4.90 Å². The van der Waals surface area contributed by atoms with E-state index in [0.29, 0.717) is 5.41 Å². The van der Waals surface area contributed by atoms with Crippen LogP contribution >= 0.6 is 0 Å². The Morgan fingerprint density at radius 2 is 1.77 bits per heavy atom. The van der Waals surface area contributed by atoms with Crippen molar-refractivity contribution in [3.63, 3.8) is 0 Å². The van der Waals surface area contributed by atoms with Gasteiger partial charge in [-0.1, -0.05) is 20.8 Å². The molecule has 1 aliphatic heterocycles. The van der Waals surface area contributed by atoms with Gasteiger partial charge in [0, 0.05) is 20.2 Å². The number of rotatable bonds is 2. The molecule has 0 aliphatic carbocycles. The summed E-state index contributed by atoms with van der Waals surface area (Å²) in [6.45, 7) is 10.3. The molecule has 1 aliphatic rings. The molecule has 0 radical (unpaired) electrons. The Labute approximate surface area is 82.3 Å². The molecule has 0 aromatic rings. The molecule has 0 saturated carbocycles. The van der Waals surface area contributed by atoms with Gasteiger partial charge < -0.3 is 4.74 Å². The lowest BCUT2D eigenvalue weighted by atomic mass is 9.75. The first-order chi connectivity index (χ1) is 6.04. The van der Waals surface area contributed by atoms with E-state index in [1.165, 1.54) is 25.9 Å². The maximum Gasteiger partial charge on any atom is 0.0986 e. The molecule has 1 fully saturated rings. The van der Waals surface area contributed by atoms with Crippen LogP contribution in [0.2, 0.25) is 0 Å². The molecule has 0 N–H and O–H groups in total. The zero-order valence-electron chi connectivity index (χ0n) is 9.47. The summed E-state index contributed by atoms with van der Waals surface area (Å²) in [6, 6.07) is 0. The molecule has 0 atom stereocenters. The van der Waals surface area contributed by atoms with Crippen molar-refractivity contribution in [3.05, 3.63) is 0 Å². The first kappa shape index (κ1) is 11.0. The van der Waals surface area contributed by atoms with Gasteiger partial charge in [-0.05, 0) is 24.2 Å². The summed E-state index contributed by atoms with van der Waals surface area (Å²) in [6.07, 6.45) is 2.65. The third-order valence-corrected chi connectivity index (χ3v) is 3.12. The van der Waals surface area contributed by atoms with Crippen LogP contribution in [0.15, 0.2) is 0 Å². The molecule has 0 unspecified atom stereocenters. The molecular weight excluding hydrogens is 162 g/mol. The monoisotopic (exact) mass is 185 g/mol. The average molecular weight is 185 g/mol. The van der Waals surface area contributed by atoms with Gasteiger partial charge >= 0.3 is 0 Å². The number of likely N-dealkylation sites (tertiary alicyclic amines) is 1. The minimum Gasteiger partial charge on any atom is -0.369 e. The van der Waals surface area contributed by atoms with E-state index in [4.69, 9.17) is 4.74 Å². The fraction of sp³-hybridized carbons (Fsp3) is 1.00. The van der Waals surface area contributed by atoms with E-state index in [9.17, 15) is 0 Å². The molecule has 78 valence electrons. The highest BCUT2D eigenvalue weighted by Gasteiger charge is 2.28. The van der Waals surface area contributed by atoms with Gasteiger partial charge in [0.25, 0.3) is 0 Å². The molecule has 0 aromatic heterocycles. The molecule has 2 heteroatoms. The van der Waals surface area contributed by atoms with Gasteiger partial charge in [0.1, 0.15) is 0 Å². The lowest BCUT2D eigenvalue weighted by molar-refractivity contribution is 0.0223. The van der Waals surface area contributed by atoms with E-state index < -0.39 is 0 Å². The topological polar surface area (TPSA) is 12.5 Å². The Balaban J connectivity index is 2.30. The van der Waals surface area contributed by atoms with Gasteiger partial charge in [-0.15, -0.1) is 0 Å². The zero-order chi connectivity index (χ0) is 9.90. The van der Waals surface area contributed by atoms with Crippen LogP contribution in [0.4, 0.5) is 0 Å². The lowest BCUT2D eigenvalue weighted by Gasteiger charge is -2.38.